The molecule has 0 saturated carbocycles. The van der Waals surface area contributed by atoms with Crippen LogP contribution in [-0.4, -0.2) is 40.5 Å². The van der Waals surface area contributed by atoms with Gasteiger partial charge in [-0.3, -0.25) is 4.79 Å². The van der Waals surface area contributed by atoms with Crippen LogP contribution in [0.1, 0.15) is 17.5 Å². The number of amides is 1. The monoisotopic (exact) mass is 297 g/mol. The van der Waals surface area contributed by atoms with E-state index in [0.717, 1.165) is 16.0 Å². The first-order valence-corrected chi connectivity index (χ1v) is 7.25. The highest BCUT2D eigenvalue weighted by molar-refractivity contribution is 8.00. The molecule has 0 aliphatic carbocycles. The third-order valence-electron chi connectivity index (χ3n) is 2.75. The molecule has 0 fully saturated rings. The molecule has 0 heterocycles. The van der Waals surface area contributed by atoms with Crippen LogP contribution in [-0.2, 0) is 9.59 Å². The Morgan fingerprint density at radius 2 is 2.05 bits per heavy atom. The van der Waals surface area contributed by atoms with Gasteiger partial charge >= 0.3 is 5.97 Å². The van der Waals surface area contributed by atoms with Crippen LogP contribution in [0.4, 0.5) is 0 Å². The Morgan fingerprint density at radius 3 is 2.65 bits per heavy atom. The number of carbonyl (C=O) groups is 2. The number of thioether (sulfide) groups is 1. The molecule has 1 aromatic carbocycles. The molecule has 1 amide bonds. The Labute approximate surface area is 122 Å². The largest absolute Gasteiger partial charge is 0.480 e. The first-order chi connectivity index (χ1) is 9.43. The minimum absolute atomic E-state index is 0.00914. The molecule has 1 aromatic rings. The number of carbonyl (C=O) groups excluding carboxylic acids is 1. The van der Waals surface area contributed by atoms with Gasteiger partial charge in [0.1, 0.15) is 6.04 Å². The van der Waals surface area contributed by atoms with E-state index in [1.807, 2.05) is 32.0 Å². The van der Waals surface area contributed by atoms with Gasteiger partial charge in [0.15, 0.2) is 0 Å². The first-order valence-electron chi connectivity index (χ1n) is 6.27. The summed E-state index contributed by atoms with van der Waals surface area (Å²) in [7, 11) is 0. The Hall–Kier alpha value is -1.53. The summed E-state index contributed by atoms with van der Waals surface area (Å²) in [4.78, 5) is 23.6. The van der Waals surface area contributed by atoms with E-state index in [1.54, 1.807) is 0 Å². The standard InChI is InChI=1S/C14H19NO4S/c1-9-3-4-10(2)12(7-9)20-8-13(17)15-11(5-6-16)14(18)19/h3-4,7,11,16H,5-6,8H2,1-2H3,(H,15,17)(H,18,19)/t11-/m1/s1. The zero-order valence-electron chi connectivity index (χ0n) is 11.5. The van der Waals surface area contributed by atoms with Crippen molar-refractivity contribution in [3.63, 3.8) is 0 Å². The van der Waals surface area contributed by atoms with Crippen molar-refractivity contribution in [1.29, 1.82) is 0 Å². The summed E-state index contributed by atoms with van der Waals surface area (Å²) >= 11 is 1.37. The smallest absolute Gasteiger partial charge is 0.326 e. The highest BCUT2D eigenvalue weighted by atomic mass is 32.2. The zero-order chi connectivity index (χ0) is 15.1. The van der Waals surface area contributed by atoms with E-state index in [2.05, 4.69) is 5.32 Å². The Bertz CT molecular complexity index is 490. The first kappa shape index (κ1) is 16.5. The van der Waals surface area contributed by atoms with Crippen molar-refractivity contribution in [3.05, 3.63) is 29.3 Å². The second kappa shape index (κ2) is 7.91. The highest BCUT2D eigenvalue weighted by Crippen LogP contribution is 2.23. The molecule has 3 N–H and O–H groups in total. The number of carboxylic acids is 1. The molecule has 20 heavy (non-hydrogen) atoms. The van der Waals surface area contributed by atoms with Gasteiger partial charge in [-0.2, -0.15) is 0 Å². The molecule has 0 unspecified atom stereocenters. The lowest BCUT2D eigenvalue weighted by Gasteiger charge is -2.13. The van der Waals surface area contributed by atoms with Crippen LogP contribution in [0.25, 0.3) is 0 Å². The molecule has 6 heteroatoms. The number of rotatable bonds is 7. The van der Waals surface area contributed by atoms with Crippen molar-refractivity contribution in [2.75, 3.05) is 12.4 Å². The summed E-state index contributed by atoms with van der Waals surface area (Å²) in [6.07, 6.45) is 0.00914. The minimum Gasteiger partial charge on any atom is -0.480 e. The van der Waals surface area contributed by atoms with E-state index in [0.29, 0.717) is 0 Å². The van der Waals surface area contributed by atoms with Crippen molar-refractivity contribution < 1.29 is 19.8 Å². The van der Waals surface area contributed by atoms with Gasteiger partial charge in [-0.1, -0.05) is 17.7 Å². The van der Waals surface area contributed by atoms with E-state index in [4.69, 9.17) is 10.2 Å². The van der Waals surface area contributed by atoms with Crippen LogP contribution in [0.3, 0.4) is 0 Å². The van der Waals surface area contributed by atoms with Gasteiger partial charge in [0.25, 0.3) is 0 Å². The topological polar surface area (TPSA) is 86.6 Å². The van der Waals surface area contributed by atoms with E-state index in [1.165, 1.54) is 11.8 Å². The second-order valence-corrected chi connectivity index (χ2v) is 5.55. The molecule has 0 aromatic heterocycles. The fourth-order valence-corrected chi connectivity index (χ4v) is 2.56. The molecular weight excluding hydrogens is 278 g/mol. The number of nitrogens with one attached hydrogen (secondary N) is 1. The van der Waals surface area contributed by atoms with Crippen LogP contribution in [0.5, 0.6) is 0 Å². The molecule has 0 bridgehead atoms. The van der Waals surface area contributed by atoms with Gasteiger partial charge in [-0.15, -0.1) is 11.8 Å². The maximum atomic E-state index is 11.7. The molecule has 1 rings (SSSR count). The fourth-order valence-electron chi connectivity index (χ4n) is 1.63. The van der Waals surface area contributed by atoms with Gasteiger partial charge in [-0.05, 0) is 25.5 Å². The molecule has 0 aliphatic rings. The molecular formula is C14H19NO4S. The number of aliphatic carboxylic acids is 1. The molecule has 0 saturated heterocycles. The molecule has 0 radical (unpaired) electrons. The van der Waals surface area contributed by atoms with Crippen molar-refractivity contribution in [2.24, 2.45) is 0 Å². The number of aryl methyl sites for hydroxylation is 2. The lowest BCUT2D eigenvalue weighted by Crippen LogP contribution is -2.42. The number of hydrogen-bond donors (Lipinski definition) is 3. The normalized spacial score (nSPS) is 11.9. The molecule has 1 atom stereocenters. The van der Waals surface area contributed by atoms with Crippen LogP contribution in [0.15, 0.2) is 23.1 Å². The highest BCUT2D eigenvalue weighted by Gasteiger charge is 2.19. The van der Waals surface area contributed by atoms with Gasteiger partial charge in [0.2, 0.25) is 5.91 Å². The average molecular weight is 297 g/mol. The lowest BCUT2D eigenvalue weighted by molar-refractivity contribution is -0.141. The third-order valence-corrected chi connectivity index (χ3v) is 3.91. The second-order valence-electron chi connectivity index (χ2n) is 4.53. The van der Waals surface area contributed by atoms with Crippen molar-refractivity contribution in [1.82, 2.24) is 5.32 Å². The van der Waals surface area contributed by atoms with Gasteiger partial charge in [0, 0.05) is 17.9 Å². The van der Waals surface area contributed by atoms with Crippen molar-refractivity contribution in [2.45, 2.75) is 31.2 Å². The summed E-state index contributed by atoms with van der Waals surface area (Å²) in [5.41, 5.74) is 2.20. The molecule has 0 spiro atoms. The van der Waals surface area contributed by atoms with Crippen LogP contribution < -0.4 is 5.32 Å². The SMILES string of the molecule is Cc1ccc(C)c(SCC(=O)N[C@H](CCO)C(=O)O)c1. The van der Waals surface area contributed by atoms with Gasteiger partial charge in [0.05, 0.1) is 5.75 Å². The number of aliphatic hydroxyl groups excluding tert-OH is 1. The maximum Gasteiger partial charge on any atom is 0.326 e. The average Bonchev–Trinajstić information content (AvgIpc) is 2.39. The van der Waals surface area contributed by atoms with E-state index >= 15 is 0 Å². The zero-order valence-corrected chi connectivity index (χ0v) is 12.4. The molecule has 0 aliphatic heterocycles. The molecule has 5 nitrogen and oxygen atoms in total. The predicted octanol–water partition coefficient (Wildman–Crippen LogP) is 1.35. The van der Waals surface area contributed by atoms with E-state index in [-0.39, 0.29) is 24.7 Å². The quantitative estimate of drug-likeness (QED) is 0.661. The number of hydrogen-bond acceptors (Lipinski definition) is 4. The third kappa shape index (κ3) is 5.22. The summed E-state index contributed by atoms with van der Waals surface area (Å²) in [5.74, 6) is -1.33. The van der Waals surface area contributed by atoms with Crippen LogP contribution in [0, 0.1) is 13.8 Å². The van der Waals surface area contributed by atoms with Crippen molar-refractivity contribution in [3.8, 4) is 0 Å². The lowest BCUT2D eigenvalue weighted by atomic mass is 10.2. The van der Waals surface area contributed by atoms with E-state index in [9.17, 15) is 9.59 Å². The Balaban J connectivity index is 2.54. The van der Waals surface area contributed by atoms with Gasteiger partial charge < -0.3 is 15.5 Å². The number of benzene rings is 1. The van der Waals surface area contributed by atoms with Crippen LogP contribution in [0.2, 0.25) is 0 Å². The van der Waals surface area contributed by atoms with Crippen LogP contribution >= 0.6 is 11.8 Å². The number of carboxylic acid groups (broad SMARTS) is 1. The minimum atomic E-state index is -1.14. The predicted molar refractivity (Wildman–Crippen MR) is 77.9 cm³/mol. The Kier molecular flexibility index (Phi) is 6.54. The van der Waals surface area contributed by atoms with Gasteiger partial charge in [-0.25, -0.2) is 4.79 Å². The summed E-state index contributed by atoms with van der Waals surface area (Å²) in [6, 6.07) is 4.95. The summed E-state index contributed by atoms with van der Waals surface area (Å²) < 4.78 is 0. The number of aliphatic hydroxyl groups is 1. The molecule has 110 valence electrons. The maximum absolute atomic E-state index is 11.7. The Morgan fingerprint density at radius 1 is 1.35 bits per heavy atom. The summed E-state index contributed by atoms with van der Waals surface area (Å²) in [5, 5.41) is 20.0. The fraction of sp³-hybridized carbons (Fsp3) is 0.429. The van der Waals surface area contributed by atoms with E-state index < -0.39 is 12.0 Å². The summed E-state index contributed by atoms with van der Waals surface area (Å²) in [6.45, 7) is 3.66. The van der Waals surface area contributed by atoms with Crippen molar-refractivity contribution >= 4 is 23.6 Å².